The summed E-state index contributed by atoms with van der Waals surface area (Å²) in [5.74, 6) is 1.23. The zero-order chi connectivity index (χ0) is 16.2. The van der Waals surface area contributed by atoms with Crippen LogP contribution in [0.3, 0.4) is 0 Å². The SMILES string of the molecule is CCc1nsc(N2CCO[C@H](CNc3nccn(C)c3=O)C2)n1. The summed E-state index contributed by atoms with van der Waals surface area (Å²) in [5, 5.41) is 4.02. The third-order valence-corrected chi connectivity index (χ3v) is 4.51. The second kappa shape index (κ2) is 7.05. The summed E-state index contributed by atoms with van der Waals surface area (Å²) in [5.41, 5.74) is -0.142. The maximum Gasteiger partial charge on any atom is 0.293 e. The van der Waals surface area contributed by atoms with Crippen molar-refractivity contribution in [2.75, 3.05) is 36.5 Å². The molecule has 0 unspecified atom stereocenters. The monoisotopic (exact) mass is 336 g/mol. The summed E-state index contributed by atoms with van der Waals surface area (Å²) in [4.78, 5) is 22.7. The smallest absolute Gasteiger partial charge is 0.293 e. The molecule has 3 rings (SSSR count). The third kappa shape index (κ3) is 3.67. The molecule has 1 saturated heterocycles. The normalized spacial score (nSPS) is 18.2. The quantitative estimate of drug-likeness (QED) is 0.851. The van der Waals surface area contributed by atoms with Crippen LogP contribution in [-0.2, 0) is 18.2 Å². The van der Waals surface area contributed by atoms with Crippen LogP contribution in [0.4, 0.5) is 10.9 Å². The van der Waals surface area contributed by atoms with Gasteiger partial charge in [-0.3, -0.25) is 4.79 Å². The van der Waals surface area contributed by atoms with E-state index >= 15 is 0 Å². The van der Waals surface area contributed by atoms with E-state index in [1.807, 2.05) is 6.92 Å². The molecular formula is C14H20N6O2S. The van der Waals surface area contributed by atoms with Crippen LogP contribution in [0.1, 0.15) is 12.7 Å². The first-order valence-electron chi connectivity index (χ1n) is 7.62. The molecule has 23 heavy (non-hydrogen) atoms. The van der Waals surface area contributed by atoms with Crippen LogP contribution in [0.15, 0.2) is 17.2 Å². The maximum absolute atomic E-state index is 11.9. The van der Waals surface area contributed by atoms with E-state index in [-0.39, 0.29) is 11.7 Å². The van der Waals surface area contributed by atoms with Crippen molar-refractivity contribution in [3.05, 3.63) is 28.6 Å². The Bertz CT molecular complexity index is 715. The molecule has 1 aliphatic rings. The molecule has 2 aromatic rings. The highest BCUT2D eigenvalue weighted by Crippen LogP contribution is 2.20. The fraction of sp³-hybridized carbons (Fsp3) is 0.571. The Hall–Kier alpha value is -2.00. The van der Waals surface area contributed by atoms with Crippen molar-refractivity contribution in [2.45, 2.75) is 19.4 Å². The highest BCUT2D eigenvalue weighted by atomic mass is 32.1. The van der Waals surface area contributed by atoms with Gasteiger partial charge in [-0.2, -0.15) is 4.37 Å². The molecule has 0 radical (unpaired) electrons. The average Bonchev–Trinajstić information content (AvgIpc) is 3.06. The van der Waals surface area contributed by atoms with Crippen LogP contribution in [0.2, 0.25) is 0 Å². The van der Waals surface area contributed by atoms with Crippen molar-refractivity contribution in [3.63, 3.8) is 0 Å². The number of aromatic nitrogens is 4. The Kier molecular flexibility index (Phi) is 4.87. The van der Waals surface area contributed by atoms with Crippen molar-refractivity contribution >= 4 is 22.5 Å². The molecule has 1 atom stereocenters. The molecule has 8 nitrogen and oxygen atoms in total. The van der Waals surface area contributed by atoms with Crippen LogP contribution in [0.5, 0.6) is 0 Å². The van der Waals surface area contributed by atoms with E-state index in [1.165, 1.54) is 16.1 Å². The number of anilines is 2. The number of aryl methyl sites for hydroxylation is 2. The van der Waals surface area contributed by atoms with Gasteiger partial charge in [0.25, 0.3) is 5.56 Å². The van der Waals surface area contributed by atoms with Gasteiger partial charge in [0.2, 0.25) is 5.13 Å². The molecule has 124 valence electrons. The minimum Gasteiger partial charge on any atom is -0.373 e. The van der Waals surface area contributed by atoms with Crippen molar-refractivity contribution in [1.29, 1.82) is 0 Å². The Balaban J connectivity index is 1.60. The fourth-order valence-corrected chi connectivity index (χ4v) is 3.15. The predicted octanol–water partition coefficient (Wildman–Crippen LogP) is 0.512. The molecule has 3 heterocycles. The van der Waals surface area contributed by atoms with E-state index < -0.39 is 0 Å². The van der Waals surface area contributed by atoms with Crippen LogP contribution in [0, 0.1) is 0 Å². The first-order valence-corrected chi connectivity index (χ1v) is 8.39. The van der Waals surface area contributed by atoms with E-state index in [0.29, 0.717) is 19.0 Å². The van der Waals surface area contributed by atoms with Gasteiger partial charge in [-0.1, -0.05) is 6.92 Å². The molecule has 0 aliphatic carbocycles. The van der Waals surface area contributed by atoms with Gasteiger partial charge in [0.15, 0.2) is 5.82 Å². The van der Waals surface area contributed by atoms with Gasteiger partial charge >= 0.3 is 0 Å². The summed E-state index contributed by atoms with van der Waals surface area (Å²) in [6.45, 7) is 4.74. The van der Waals surface area contributed by atoms with Crippen LogP contribution >= 0.6 is 11.5 Å². The molecule has 1 fully saturated rings. The predicted molar refractivity (Wildman–Crippen MR) is 89.2 cm³/mol. The molecule has 0 saturated carbocycles. The van der Waals surface area contributed by atoms with Gasteiger partial charge in [-0.15, -0.1) is 0 Å². The maximum atomic E-state index is 11.9. The molecule has 9 heteroatoms. The first kappa shape index (κ1) is 15.9. The molecule has 0 bridgehead atoms. The largest absolute Gasteiger partial charge is 0.373 e. The molecule has 0 amide bonds. The summed E-state index contributed by atoms with van der Waals surface area (Å²) < 4.78 is 11.6. The van der Waals surface area contributed by atoms with Crippen LogP contribution in [0.25, 0.3) is 0 Å². The van der Waals surface area contributed by atoms with E-state index in [9.17, 15) is 4.79 Å². The van der Waals surface area contributed by atoms with Crippen molar-refractivity contribution < 1.29 is 4.74 Å². The minimum atomic E-state index is -0.142. The van der Waals surface area contributed by atoms with Crippen LogP contribution in [-0.4, -0.2) is 51.3 Å². The summed E-state index contributed by atoms with van der Waals surface area (Å²) in [7, 11) is 1.70. The van der Waals surface area contributed by atoms with E-state index in [1.54, 1.807) is 19.4 Å². The lowest BCUT2D eigenvalue weighted by Crippen LogP contribution is -2.45. The summed E-state index contributed by atoms with van der Waals surface area (Å²) in [6, 6.07) is 0. The standard InChI is InChI=1S/C14H20N6O2S/c1-3-11-17-14(23-18-11)20-6-7-22-10(9-20)8-16-12-13(21)19(2)5-4-15-12/h4-5,10H,3,6-9H2,1-2H3,(H,15,16)/t10-/m1/s1. The Morgan fingerprint density at radius 3 is 3.17 bits per heavy atom. The van der Waals surface area contributed by atoms with Gasteiger partial charge in [-0.25, -0.2) is 9.97 Å². The topological polar surface area (TPSA) is 85.2 Å². The number of nitrogens with zero attached hydrogens (tertiary/aromatic N) is 5. The van der Waals surface area contributed by atoms with Gasteiger partial charge in [0, 0.05) is 57.0 Å². The van der Waals surface area contributed by atoms with Gasteiger partial charge < -0.3 is 19.5 Å². The highest BCUT2D eigenvalue weighted by Gasteiger charge is 2.23. The number of morpholine rings is 1. The number of hydrogen-bond acceptors (Lipinski definition) is 8. The lowest BCUT2D eigenvalue weighted by Gasteiger charge is -2.32. The van der Waals surface area contributed by atoms with Crippen molar-refractivity contribution in [1.82, 2.24) is 18.9 Å². The number of nitrogens with one attached hydrogen (secondary N) is 1. The van der Waals surface area contributed by atoms with Crippen molar-refractivity contribution in [3.8, 4) is 0 Å². The van der Waals surface area contributed by atoms with Gasteiger partial charge in [0.1, 0.15) is 5.82 Å². The Labute approximate surface area is 138 Å². The van der Waals surface area contributed by atoms with E-state index in [0.717, 1.165) is 30.5 Å². The minimum absolute atomic E-state index is 0.0237. The lowest BCUT2D eigenvalue weighted by atomic mass is 10.3. The third-order valence-electron chi connectivity index (χ3n) is 3.70. The van der Waals surface area contributed by atoms with Gasteiger partial charge in [0.05, 0.1) is 12.7 Å². The summed E-state index contributed by atoms with van der Waals surface area (Å²) in [6.07, 6.45) is 4.05. The molecule has 1 aliphatic heterocycles. The average molecular weight is 336 g/mol. The molecule has 1 N–H and O–H groups in total. The van der Waals surface area contributed by atoms with Gasteiger partial charge in [-0.05, 0) is 0 Å². The Morgan fingerprint density at radius 1 is 1.52 bits per heavy atom. The molecular weight excluding hydrogens is 316 g/mol. The first-order chi connectivity index (χ1) is 11.2. The molecule has 2 aromatic heterocycles. The number of ether oxygens (including phenoxy) is 1. The number of rotatable bonds is 5. The zero-order valence-electron chi connectivity index (χ0n) is 13.2. The van der Waals surface area contributed by atoms with Crippen molar-refractivity contribution in [2.24, 2.45) is 7.05 Å². The fourth-order valence-electron chi connectivity index (χ4n) is 2.36. The molecule has 0 aromatic carbocycles. The molecule has 0 spiro atoms. The second-order valence-corrected chi connectivity index (χ2v) is 6.09. The Morgan fingerprint density at radius 2 is 2.39 bits per heavy atom. The number of hydrogen-bond donors (Lipinski definition) is 1. The van der Waals surface area contributed by atoms with Crippen LogP contribution < -0.4 is 15.8 Å². The van der Waals surface area contributed by atoms with E-state index in [4.69, 9.17) is 4.74 Å². The zero-order valence-corrected chi connectivity index (χ0v) is 14.0. The van der Waals surface area contributed by atoms with E-state index in [2.05, 4.69) is 24.6 Å². The second-order valence-electron chi connectivity index (χ2n) is 5.36. The summed E-state index contributed by atoms with van der Waals surface area (Å²) >= 11 is 1.42. The lowest BCUT2D eigenvalue weighted by molar-refractivity contribution is 0.0492. The highest BCUT2D eigenvalue weighted by molar-refractivity contribution is 7.09.